The molecule has 0 amide bonds. The van der Waals surface area contributed by atoms with Gasteiger partial charge in [0.15, 0.2) is 5.96 Å². The predicted octanol–water partition coefficient (Wildman–Crippen LogP) is 2.35. The third-order valence-electron chi connectivity index (χ3n) is 6.48. The minimum absolute atomic E-state index is 0.563. The zero-order chi connectivity index (χ0) is 18.2. The van der Waals surface area contributed by atoms with Gasteiger partial charge in [-0.1, -0.05) is 33.6 Å². The van der Waals surface area contributed by atoms with Gasteiger partial charge in [-0.25, -0.2) is 0 Å². The van der Waals surface area contributed by atoms with E-state index in [9.17, 15) is 0 Å². The van der Waals surface area contributed by atoms with Crippen molar-refractivity contribution in [3.63, 3.8) is 0 Å². The average Bonchev–Trinajstić information content (AvgIpc) is 3.13. The van der Waals surface area contributed by atoms with E-state index >= 15 is 0 Å². The Morgan fingerprint density at radius 2 is 1.76 bits per heavy atom. The van der Waals surface area contributed by atoms with Gasteiger partial charge in [-0.2, -0.15) is 0 Å². The molecule has 2 heterocycles. The molecule has 0 bridgehead atoms. The van der Waals surface area contributed by atoms with Gasteiger partial charge in [0.2, 0.25) is 0 Å². The molecule has 2 aliphatic heterocycles. The summed E-state index contributed by atoms with van der Waals surface area (Å²) < 4.78 is 0. The van der Waals surface area contributed by atoms with Crippen molar-refractivity contribution in [3.05, 3.63) is 0 Å². The van der Waals surface area contributed by atoms with E-state index in [1.807, 2.05) is 7.05 Å². The fraction of sp³-hybridized carbons (Fsp3) is 0.950. The topological polar surface area (TPSA) is 34.1 Å². The van der Waals surface area contributed by atoms with Crippen LogP contribution >= 0.6 is 0 Å². The van der Waals surface area contributed by atoms with E-state index in [4.69, 9.17) is 0 Å². The molecule has 25 heavy (non-hydrogen) atoms. The summed E-state index contributed by atoms with van der Waals surface area (Å²) in [5.74, 6) is 2.82. The first-order valence-corrected chi connectivity index (χ1v) is 10.5. The Labute approximate surface area is 155 Å². The molecule has 2 unspecified atom stereocenters. The number of hydrogen-bond acceptors (Lipinski definition) is 3. The number of rotatable bonds is 7. The molecule has 5 heteroatoms. The van der Waals surface area contributed by atoms with Crippen LogP contribution in [0, 0.1) is 11.8 Å². The molecule has 0 aromatic rings. The number of likely N-dealkylation sites (N-methyl/N-ethyl adjacent to an activating group) is 1. The number of likely N-dealkylation sites (tertiary alicyclic amines) is 1. The number of nitrogens with one attached hydrogen (secondary N) is 1. The average molecular weight is 352 g/mol. The number of hydrogen-bond donors (Lipinski definition) is 1. The molecule has 1 N–H and O–H groups in total. The molecular weight excluding hydrogens is 310 g/mol. The molecule has 0 aromatic carbocycles. The summed E-state index contributed by atoms with van der Waals surface area (Å²) in [6.07, 6.45) is 3.94. The number of nitrogens with zero attached hydrogens (tertiary/aromatic N) is 4. The Balaban J connectivity index is 1.77. The van der Waals surface area contributed by atoms with Crippen LogP contribution in [0.5, 0.6) is 0 Å². The van der Waals surface area contributed by atoms with Gasteiger partial charge >= 0.3 is 0 Å². The van der Waals surface area contributed by atoms with Crippen molar-refractivity contribution in [1.29, 1.82) is 0 Å². The van der Waals surface area contributed by atoms with Gasteiger partial charge in [0.05, 0.1) is 0 Å². The molecule has 5 nitrogen and oxygen atoms in total. The van der Waals surface area contributed by atoms with Gasteiger partial charge < -0.3 is 15.1 Å². The van der Waals surface area contributed by atoms with E-state index in [0.29, 0.717) is 6.04 Å². The van der Waals surface area contributed by atoms with Gasteiger partial charge in [0.1, 0.15) is 0 Å². The molecule has 0 radical (unpaired) electrons. The number of piperazine rings is 1. The van der Waals surface area contributed by atoms with Crippen LogP contribution in [-0.4, -0.2) is 86.1 Å². The van der Waals surface area contributed by atoms with E-state index in [-0.39, 0.29) is 0 Å². The lowest BCUT2D eigenvalue weighted by Gasteiger charge is -2.38. The largest absolute Gasteiger partial charge is 0.355 e. The van der Waals surface area contributed by atoms with E-state index in [2.05, 4.69) is 52.7 Å². The molecule has 146 valence electrons. The van der Waals surface area contributed by atoms with E-state index in [1.54, 1.807) is 0 Å². The van der Waals surface area contributed by atoms with Crippen LogP contribution in [0.25, 0.3) is 0 Å². The monoisotopic (exact) mass is 351 g/mol. The second kappa shape index (κ2) is 10.4. The highest BCUT2D eigenvalue weighted by Gasteiger charge is 2.29. The van der Waals surface area contributed by atoms with E-state index < -0.39 is 0 Å². The fourth-order valence-electron chi connectivity index (χ4n) is 4.54. The summed E-state index contributed by atoms with van der Waals surface area (Å²) in [7, 11) is 1.93. The summed E-state index contributed by atoms with van der Waals surface area (Å²) in [4.78, 5) is 12.2. The van der Waals surface area contributed by atoms with Gasteiger partial charge in [-0.3, -0.25) is 9.89 Å². The fourth-order valence-corrected chi connectivity index (χ4v) is 4.54. The standard InChI is InChI=1S/C20H41N5/c1-6-18(7-2)19-9-10-25(16-19)20(21-5)22-15-17(4)24-13-11-23(8-3)12-14-24/h17-19H,6-16H2,1-5H3,(H,21,22). The Morgan fingerprint density at radius 3 is 2.32 bits per heavy atom. The van der Waals surface area contributed by atoms with Crippen molar-refractivity contribution in [2.45, 2.75) is 53.0 Å². The third kappa shape index (κ3) is 5.58. The first-order valence-electron chi connectivity index (χ1n) is 10.5. The summed E-state index contributed by atoms with van der Waals surface area (Å²) in [5, 5.41) is 3.65. The van der Waals surface area contributed by atoms with Crippen LogP contribution in [-0.2, 0) is 0 Å². The minimum atomic E-state index is 0.563. The zero-order valence-electron chi connectivity index (χ0n) is 17.3. The molecule has 0 aromatic heterocycles. The van der Waals surface area contributed by atoms with Crippen LogP contribution in [0.15, 0.2) is 4.99 Å². The predicted molar refractivity (Wildman–Crippen MR) is 108 cm³/mol. The Morgan fingerprint density at radius 1 is 1.08 bits per heavy atom. The molecule has 0 spiro atoms. The maximum atomic E-state index is 4.56. The lowest BCUT2D eigenvalue weighted by molar-refractivity contribution is 0.107. The molecular formula is C20H41N5. The Bertz CT molecular complexity index is 399. The Hall–Kier alpha value is -0.810. The van der Waals surface area contributed by atoms with Crippen LogP contribution in [0.2, 0.25) is 0 Å². The van der Waals surface area contributed by atoms with Gasteiger partial charge in [-0.15, -0.1) is 0 Å². The van der Waals surface area contributed by atoms with Gasteiger partial charge in [0.25, 0.3) is 0 Å². The molecule has 2 aliphatic rings. The van der Waals surface area contributed by atoms with Crippen molar-refractivity contribution < 1.29 is 0 Å². The SMILES string of the molecule is CCC(CC)C1CCN(C(=NC)NCC(C)N2CCN(CC)CC2)C1. The molecule has 2 saturated heterocycles. The summed E-state index contributed by atoms with van der Waals surface area (Å²) in [6, 6.07) is 0.563. The summed E-state index contributed by atoms with van der Waals surface area (Å²) in [5.41, 5.74) is 0. The molecule has 2 fully saturated rings. The molecule has 2 rings (SSSR count). The van der Waals surface area contributed by atoms with Crippen molar-refractivity contribution in [2.24, 2.45) is 16.8 Å². The van der Waals surface area contributed by atoms with Crippen molar-refractivity contribution in [3.8, 4) is 0 Å². The van der Waals surface area contributed by atoms with Gasteiger partial charge in [-0.05, 0) is 31.7 Å². The first-order chi connectivity index (χ1) is 12.1. The van der Waals surface area contributed by atoms with Crippen LogP contribution in [0.1, 0.15) is 47.0 Å². The lowest BCUT2D eigenvalue weighted by Crippen LogP contribution is -2.53. The first kappa shape index (κ1) is 20.5. The number of aliphatic imine (C=N–C) groups is 1. The van der Waals surface area contributed by atoms with Gasteiger partial charge in [0, 0.05) is 58.9 Å². The summed E-state index contributed by atoms with van der Waals surface area (Å²) >= 11 is 0. The normalized spacial score (nSPS) is 25.0. The minimum Gasteiger partial charge on any atom is -0.355 e. The van der Waals surface area contributed by atoms with E-state index in [0.717, 1.165) is 30.9 Å². The zero-order valence-corrected chi connectivity index (χ0v) is 17.3. The molecule has 0 aliphatic carbocycles. The van der Waals surface area contributed by atoms with Crippen molar-refractivity contribution >= 4 is 5.96 Å². The van der Waals surface area contributed by atoms with Crippen LogP contribution in [0.3, 0.4) is 0 Å². The second-order valence-corrected chi connectivity index (χ2v) is 7.82. The van der Waals surface area contributed by atoms with Crippen LogP contribution < -0.4 is 5.32 Å². The Kier molecular flexibility index (Phi) is 8.50. The highest BCUT2D eigenvalue weighted by atomic mass is 15.3. The second-order valence-electron chi connectivity index (χ2n) is 7.82. The van der Waals surface area contributed by atoms with Crippen molar-refractivity contribution in [1.82, 2.24) is 20.0 Å². The lowest BCUT2D eigenvalue weighted by atomic mass is 9.87. The van der Waals surface area contributed by atoms with Crippen LogP contribution in [0.4, 0.5) is 0 Å². The highest BCUT2D eigenvalue weighted by Crippen LogP contribution is 2.28. The maximum Gasteiger partial charge on any atom is 0.193 e. The van der Waals surface area contributed by atoms with Crippen molar-refractivity contribution in [2.75, 3.05) is 59.4 Å². The summed E-state index contributed by atoms with van der Waals surface area (Å²) in [6.45, 7) is 18.6. The third-order valence-corrected chi connectivity index (χ3v) is 6.48. The maximum absolute atomic E-state index is 4.56. The highest BCUT2D eigenvalue weighted by molar-refractivity contribution is 5.80. The molecule has 0 saturated carbocycles. The van der Waals surface area contributed by atoms with E-state index in [1.165, 1.54) is 58.5 Å². The smallest absolute Gasteiger partial charge is 0.193 e. The molecule has 2 atom stereocenters. The number of guanidine groups is 1. The quantitative estimate of drug-likeness (QED) is 0.564.